The zero-order chi connectivity index (χ0) is 14.6. The van der Waals surface area contributed by atoms with Gasteiger partial charge < -0.3 is 10.1 Å². The molecule has 110 valence electrons. The number of sulfonamides is 1. The molecule has 0 bridgehead atoms. The van der Waals surface area contributed by atoms with Crippen molar-refractivity contribution in [2.45, 2.75) is 12.8 Å². The van der Waals surface area contributed by atoms with Crippen LogP contribution in [0.15, 0.2) is 24.3 Å². The van der Waals surface area contributed by atoms with Crippen LogP contribution in [0.5, 0.6) is 5.75 Å². The normalized spacial score (nSPS) is 18.4. The van der Waals surface area contributed by atoms with Crippen LogP contribution in [0.2, 0.25) is 0 Å². The summed E-state index contributed by atoms with van der Waals surface area (Å²) in [5.41, 5.74) is 0.616. The van der Waals surface area contributed by atoms with Gasteiger partial charge in [0.15, 0.2) is 0 Å². The molecule has 1 aliphatic heterocycles. The van der Waals surface area contributed by atoms with E-state index in [9.17, 15) is 13.2 Å². The molecule has 20 heavy (non-hydrogen) atoms. The summed E-state index contributed by atoms with van der Waals surface area (Å²) in [7, 11) is -1.70. The van der Waals surface area contributed by atoms with E-state index in [1.807, 2.05) is 0 Å². The molecule has 0 aliphatic carbocycles. The maximum atomic E-state index is 11.9. The average Bonchev–Trinajstić information content (AvgIpc) is 2.42. The van der Waals surface area contributed by atoms with Crippen LogP contribution in [-0.2, 0) is 14.8 Å². The Morgan fingerprint density at radius 3 is 2.60 bits per heavy atom. The Bertz CT molecular complexity index is 569. The fourth-order valence-corrected chi connectivity index (χ4v) is 3.60. The summed E-state index contributed by atoms with van der Waals surface area (Å²) < 4.78 is 29.8. The first-order chi connectivity index (χ1) is 9.51. The standard InChI is InChI=1S/C13H18N2O4S/c1-19-12-6-4-11(5-7-12)14-13(16)10-15-8-2-3-9-20(15,17)18/h4-7H,2-3,8-10H2,1H3,(H,14,16). The zero-order valence-electron chi connectivity index (χ0n) is 11.3. The summed E-state index contributed by atoms with van der Waals surface area (Å²) in [6.07, 6.45) is 1.47. The number of ether oxygens (including phenoxy) is 1. The van der Waals surface area contributed by atoms with Gasteiger partial charge in [0.25, 0.3) is 0 Å². The van der Waals surface area contributed by atoms with Crippen LogP contribution in [0, 0.1) is 0 Å². The number of hydrogen-bond donors (Lipinski definition) is 1. The number of amides is 1. The third kappa shape index (κ3) is 3.71. The van der Waals surface area contributed by atoms with E-state index in [0.29, 0.717) is 24.4 Å². The highest BCUT2D eigenvalue weighted by molar-refractivity contribution is 7.89. The molecule has 1 aliphatic rings. The quantitative estimate of drug-likeness (QED) is 0.902. The fraction of sp³-hybridized carbons (Fsp3) is 0.462. The van der Waals surface area contributed by atoms with Gasteiger partial charge in [-0.25, -0.2) is 8.42 Å². The summed E-state index contributed by atoms with van der Waals surface area (Å²) in [6.45, 7) is 0.284. The number of carbonyl (C=O) groups is 1. The second-order valence-electron chi connectivity index (χ2n) is 4.63. The van der Waals surface area contributed by atoms with Gasteiger partial charge in [-0.15, -0.1) is 0 Å². The van der Waals surface area contributed by atoms with Crippen LogP contribution in [0.1, 0.15) is 12.8 Å². The molecular weight excluding hydrogens is 280 g/mol. The van der Waals surface area contributed by atoms with Crippen molar-refractivity contribution in [2.24, 2.45) is 0 Å². The van der Waals surface area contributed by atoms with Gasteiger partial charge in [0.05, 0.1) is 19.4 Å². The number of anilines is 1. The molecule has 1 aromatic rings. The molecule has 1 fully saturated rings. The van der Waals surface area contributed by atoms with Gasteiger partial charge in [0.2, 0.25) is 15.9 Å². The van der Waals surface area contributed by atoms with Crippen molar-refractivity contribution >= 4 is 21.6 Å². The number of carbonyl (C=O) groups excluding carboxylic acids is 1. The molecule has 0 atom stereocenters. The van der Waals surface area contributed by atoms with E-state index in [4.69, 9.17) is 4.74 Å². The molecule has 2 rings (SSSR count). The van der Waals surface area contributed by atoms with Crippen LogP contribution in [0.3, 0.4) is 0 Å². The van der Waals surface area contributed by atoms with E-state index >= 15 is 0 Å². The van der Waals surface area contributed by atoms with Crippen molar-refractivity contribution in [1.29, 1.82) is 0 Å². The maximum Gasteiger partial charge on any atom is 0.239 e. The zero-order valence-corrected chi connectivity index (χ0v) is 12.1. The lowest BCUT2D eigenvalue weighted by molar-refractivity contribution is -0.116. The molecule has 0 spiro atoms. The van der Waals surface area contributed by atoms with Crippen molar-refractivity contribution in [3.8, 4) is 5.75 Å². The Morgan fingerprint density at radius 1 is 1.30 bits per heavy atom. The van der Waals surface area contributed by atoms with E-state index in [1.54, 1.807) is 31.4 Å². The van der Waals surface area contributed by atoms with Crippen LogP contribution < -0.4 is 10.1 Å². The molecule has 1 amide bonds. The van der Waals surface area contributed by atoms with E-state index in [1.165, 1.54) is 4.31 Å². The predicted octanol–water partition coefficient (Wildman–Crippen LogP) is 1.06. The average molecular weight is 298 g/mol. The summed E-state index contributed by atoms with van der Waals surface area (Å²) in [6, 6.07) is 6.88. The first-order valence-corrected chi connectivity index (χ1v) is 8.04. The SMILES string of the molecule is COc1ccc(NC(=O)CN2CCCCS2(=O)=O)cc1. The van der Waals surface area contributed by atoms with Crippen molar-refractivity contribution < 1.29 is 17.9 Å². The molecule has 0 unspecified atom stereocenters. The highest BCUT2D eigenvalue weighted by Crippen LogP contribution is 2.16. The predicted molar refractivity (Wildman–Crippen MR) is 76.2 cm³/mol. The second kappa shape index (κ2) is 6.23. The Balaban J connectivity index is 1.94. The lowest BCUT2D eigenvalue weighted by Crippen LogP contribution is -2.42. The van der Waals surface area contributed by atoms with Gasteiger partial charge in [-0.1, -0.05) is 0 Å². The summed E-state index contributed by atoms with van der Waals surface area (Å²) in [5, 5.41) is 2.68. The lowest BCUT2D eigenvalue weighted by Gasteiger charge is -2.25. The fourth-order valence-electron chi connectivity index (χ4n) is 2.05. The minimum atomic E-state index is -3.27. The monoisotopic (exact) mass is 298 g/mol. The topological polar surface area (TPSA) is 75.7 Å². The molecule has 1 N–H and O–H groups in total. The second-order valence-corrected chi connectivity index (χ2v) is 6.72. The van der Waals surface area contributed by atoms with Crippen LogP contribution >= 0.6 is 0 Å². The lowest BCUT2D eigenvalue weighted by atomic mass is 10.3. The molecule has 0 radical (unpaired) electrons. The van der Waals surface area contributed by atoms with E-state index < -0.39 is 10.0 Å². The Kier molecular flexibility index (Phi) is 4.61. The van der Waals surface area contributed by atoms with Gasteiger partial charge in [-0.05, 0) is 37.1 Å². The first kappa shape index (κ1) is 14.8. The third-order valence-corrected chi connectivity index (χ3v) is 5.05. The van der Waals surface area contributed by atoms with E-state index in [0.717, 1.165) is 6.42 Å². The van der Waals surface area contributed by atoms with Crippen molar-refractivity contribution in [2.75, 3.05) is 31.3 Å². The Labute approximate surface area is 118 Å². The molecular formula is C13H18N2O4S. The van der Waals surface area contributed by atoms with Gasteiger partial charge in [0, 0.05) is 12.2 Å². The number of rotatable bonds is 4. The van der Waals surface area contributed by atoms with Crippen LogP contribution in [0.4, 0.5) is 5.69 Å². The summed E-state index contributed by atoms with van der Waals surface area (Å²) in [4.78, 5) is 11.9. The largest absolute Gasteiger partial charge is 0.497 e. The van der Waals surface area contributed by atoms with E-state index in [2.05, 4.69) is 5.32 Å². The Morgan fingerprint density at radius 2 is 2.00 bits per heavy atom. The van der Waals surface area contributed by atoms with Gasteiger partial charge >= 0.3 is 0 Å². The number of nitrogens with zero attached hydrogens (tertiary/aromatic N) is 1. The third-order valence-electron chi connectivity index (χ3n) is 3.15. The van der Waals surface area contributed by atoms with Crippen molar-refractivity contribution in [1.82, 2.24) is 4.31 Å². The smallest absolute Gasteiger partial charge is 0.239 e. The van der Waals surface area contributed by atoms with Crippen molar-refractivity contribution in [3.63, 3.8) is 0 Å². The molecule has 1 saturated heterocycles. The molecule has 6 nitrogen and oxygen atoms in total. The summed E-state index contributed by atoms with van der Waals surface area (Å²) >= 11 is 0. The maximum absolute atomic E-state index is 11.9. The van der Waals surface area contributed by atoms with Crippen molar-refractivity contribution in [3.05, 3.63) is 24.3 Å². The van der Waals surface area contributed by atoms with E-state index in [-0.39, 0.29) is 18.2 Å². The van der Waals surface area contributed by atoms with Gasteiger partial charge in [-0.2, -0.15) is 4.31 Å². The highest BCUT2D eigenvalue weighted by Gasteiger charge is 2.27. The molecule has 1 heterocycles. The van der Waals surface area contributed by atoms with Gasteiger partial charge in [-0.3, -0.25) is 4.79 Å². The Hall–Kier alpha value is -1.60. The van der Waals surface area contributed by atoms with Gasteiger partial charge in [0.1, 0.15) is 5.75 Å². The molecule has 1 aromatic carbocycles. The number of nitrogens with one attached hydrogen (secondary N) is 1. The minimum absolute atomic E-state index is 0.128. The molecule has 0 aromatic heterocycles. The van der Waals surface area contributed by atoms with Crippen LogP contribution in [-0.4, -0.2) is 44.6 Å². The highest BCUT2D eigenvalue weighted by atomic mass is 32.2. The number of methoxy groups -OCH3 is 1. The molecule has 0 saturated carbocycles. The first-order valence-electron chi connectivity index (χ1n) is 6.43. The number of hydrogen-bond acceptors (Lipinski definition) is 4. The minimum Gasteiger partial charge on any atom is -0.497 e. The summed E-state index contributed by atoms with van der Waals surface area (Å²) in [5.74, 6) is 0.491. The number of benzene rings is 1. The molecule has 7 heteroatoms. The van der Waals surface area contributed by atoms with Crippen LogP contribution in [0.25, 0.3) is 0 Å².